The van der Waals surface area contributed by atoms with E-state index in [1.54, 1.807) is 19.4 Å². The van der Waals surface area contributed by atoms with Crippen molar-refractivity contribution < 1.29 is 13.9 Å². The zero-order valence-electron chi connectivity index (χ0n) is 15.1. The number of rotatable bonds is 9. The van der Waals surface area contributed by atoms with E-state index < -0.39 is 0 Å². The highest BCUT2D eigenvalue weighted by Gasteiger charge is 2.13. The maximum atomic E-state index is 11.8. The van der Waals surface area contributed by atoms with Crippen LogP contribution in [0.1, 0.15) is 44.3 Å². The second-order valence-electron chi connectivity index (χ2n) is 6.19. The number of nitrogens with one attached hydrogen (secondary N) is 3. The quantitative estimate of drug-likeness (QED) is 0.359. The van der Waals surface area contributed by atoms with E-state index in [0.717, 1.165) is 25.3 Å². The van der Waals surface area contributed by atoms with Gasteiger partial charge in [0.25, 0.3) is 0 Å². The molecule has 0 bridgehead atoms. The molecule has 7 nitrogen and oxygen atoms in total. The van der Waals surface area contributed by atoms with Crippen LogP contribution in [-0.4, -0.2) is 44.7 Å². The summed E-state index contributed by atoms with van der Waals surface area (Å²) in [5, 5.41) is 8.97. The number of guanidine groups is 1. The molecule has 0 saturated heterocycles. The van der Waals surface area contributed by atoms with Gasteiger partial charge in [-0.25, -0.2) is 0 Å². The van der Waals surface area contributed by atoms with Crippen molar-refractivity contribution in [2.45, 2.75) is 51.2 Å². The third-order valence-electron chi connectivity index (χ3n) is 4.20. The maximum absolute atomic E-state index is 11.8. The molecule has 1 heterocycles. The van der Waals surface area contributed by atoms with E-state index in [-0.39, 0.29) is 12.5 Å². The largest absolute Gasteiger partial charge is 0.467 e. The monoisotopic (exact) mass is 350 g/mol. The van der Waals surface area contributed by atoms with E-state index in [9.17, 15) is 4.79 Å². The fourth-order valence-electron chi connectivity index (χ4n) is 2.81. The van der Waals surface area contributed by atoms with Crippen LogP contribution in [-0.2, 0) is 16.1 Å². The second-order valence-corrected chi connectivity index (χ2v) is 6.19. The van der Waals surface area contributed by atoms with E-state index in [1.165, 1.54) is 32.1 Å². The Balaban J connectivity index is 1.50. The molecule has 1 saturated carbocycles. The number of hydrogen-bond acceptors (Lipinski definition) is 4. The molecule has 140 valence electrons. The van der Waals surface area contributed by atoms with E-state index in [4.69, 9.17) is 9.15 Å². The number of nitrogens with zero attached hydrogens (tertiary/aromatic N) is 1. The molecule has 1 aromatic rings. The van der Waals surface area contributed by atoms with Gasteiger partial charge in [-0.1, -0.05) is 19.3 Å². The van der Waals surface area contributed by atoms with Crippen molar-refractivity contribution in [3.8, 4) is 0 Å². The first-order valence-electron chi connectivity index (χ1n) is 9.13. The summed E-state index contributed by atoms with van der Waals surface area (Å²) in [6.45, 7) is 2.08. The van der Waals surface area contributed by atoms with Gasteiger partial charge in [0.1, 0.15) is 5.76 Å². The Hall–Kier alpha value is -2.02. The van der Waals surface area contributed by atoms with Crippen molar-refractivity contribution in [2.75, 3.05) is 26.7 Å². The van der Waals surface area contributed by atoms with Crippen molar-refractivity contribution >= 4 is 11.9 Å². The van der Waals surface area contributed by atoms with Crippen molar-refractivity contribution in [1.82, 2.24) is 16.0 Å². The molecular weight excluding hydrogens is 320 g/mol. The highest BCUT2D eigenvalue weighted by atomic mass is 16.5. The van der Waals surface area contributed by atoms with Crippen molar-refractivity contribution in [3.05, 3.63) is 24.2 Å². The Morgan fingerprint density at radius 1 is 1.28 bits per heavy atom. The van der Waals surface area contributed by atoms with Crippen LogP contribution in [0.2, 0.25) is 0 Å². The second kappa shape index (κ2) is 11.5. The van der Waals surface area contributed by atoms with Crippen LogP contribution in [0.15, 0.2) is 27.8 Å². The lowest BCUT2D eigenvalue weighted by Gasteiger charge is -2.22. The molecule has 0 unspecified atom stereocenters. The maximum Gasteiger partial charge on any atom is 0.239 e. The molecule has 3 N–H and O–H groups in total. The molecule has 0 radical (unpaired) electrons. The molecule has 1 aliphatic carbocycles. The van der Waals surface area contributed by atoms with Gasteiger partial charge in [0.15, 0.2) is 5.96 Å². The van der Waals surface area contributed by atoms with Crippen molar-refractivity contribution in [1.29, 1.82) is 0 Å². The van der Waals surface area contributed by atoms with Crippen LogP contribution in [0.25, 0.3) is 0 Å². The lowest BCUT2D eigenvalue weighted by molar-refractivity contribution is -0.120. The zero-order valence-corrected chi connectivity index (χ0v) is 15.1. The predicted molar refractivity (Wildman–Crippen MR) is 97.4 cm³/mol. The number of furan rings is 1. The molecule has 1 aliphatic rings. The van der Waals surface area contributed by atoms with Gasteiger partial charge in [-0.05, 0) is 31.4 Å². The van der Waals surface area contributed by atoms with Crippen LogP contribution in [0.4, 0.5) is 0 Å². The minimum absolute atomic E-state index is 0.111. The number of hydrogen-bond donors (Lipinski definition) is 3. The highest BCUT2D eigenvalue weighted by Crippen LogP contribution is 2.20. The molecule has 0 atom stereocenters. The minimum atomic E-state index is -0.111. The summed E-state index contributed by atoms with van der Waals surface area (Å²) in [6, 6.07) is 3.62. The smallest absolute Gasteiger partial charge is 0.239 e. The normalized spacial score (nSPS) is 15.8. The molecule has 1 fully saturated rings. The van der Waals surface area contributed by atoms with Gasteiger partial charge in [-0.3, -0.25) is 9.79 Å². The topological polar surface area (TPSA) is 87.9 Å². The van der Waals surface area contributed by atoms with Gasteiger partial charge in [-0.2, -0.15) is 0 Å². The molecule has 0 aliphatic heterocycles. The number of amides is 1. The Morgan fingerprint density at radius 3 is 2.84 bits per heavy atom. The minimum Gasteiger partial charge on any atom is -0.467 e. The summed E-state index contributed by atoms with van der Waals surface area (Å²) in [5.41, 5.74) is 0. The SMILES string of the molecule is CN=C(NCCCOC1CCCCC1)NCC(=O)NCc1ccco1. The van der Waals surface area contributed by atoms with Crippen LogP contribution in [0.5, 0.6) is 0 Å². The Labute approximate surface area is 149 Å². The summed E-state index contributed by atoms with van der Waals surface area (Å²) in [6.07, 6.45) is 9.28. The Kier molecular flexibility index (Phi) is 8.90. The van der Waals surface area contributed by atoms with Crippen molar-refractivity contribution in [2.24, 2.45) is 4.99 Å². The van der Waals surface area contributed by atoms with Crippen LogP contribution < -0.4 is 16.0 Å². The number of carbonyl (C=O) groups is 1. The summed E-state index contributed by atoms with van der Waals surface area (Å²) in [7, 11) is 1.69. The van der Waals surface area contributed by atoms with Gasteiger partial charge < -0.3 is 25.1 Å². The van der Waals surface area contributed by atoms with Gasteiger partial charge in [0.2, 0.25) is 5.91 Å². The summed E-state index contributed by atoms with van der Waals surface area (Å²) in [5.74, 6) is 1.24. The molecule has 2 rings (SSSR count). The number of aliphatic imine (C=N–C) groups is 1. The number of ether oxygens (including phenoxy) is 1. The third-order valence-corrected chi connectivity index (χ3v) is 4.20. The van der Waals surface area contributed by atoms with Crippen molar-refractivity contribution in [3.63, 3.8) is 0 Å². The van der Waals surface area contributed by atoms with Crippen LogP contribution in [0, 0.1) is 0 Å². The fourth-order valence-corrected chi connectivity index (χ4v) is 2.81. The first-order valence-corrected chi connectivity index (χ1v) is 9.13. The Morgan fingerprint density at radius 2 is 2.12 bits per heavy atom. The van der Waals surface area contributed by atoms with Gasteiger partial charge in [-0.15, -0.1) is 0 Å². The van der Waals surface area contributed by atoms with Gasteiger partial charge in [0, 0.05) is 20.2 Å². The lowest BCUT2D eigenvalue weighted by atomic mass is 9.98. The summed E-state index contributed by atoms with van der Waals surface area (Å²) < 4.78 is 11.1. The van der Waals surface area contributed by atoms with E-state index >= 15 is 0 Å². The van der Waals surface area contributed by atoms with E-state index in [0.29, 0.717) is 18.6 Å². The average Bonchev–Trinajstić information content (AvgIpc) is 3.16. The number of carbonyl (C=O) groups excluding carboxylic acids is 1. The summed E-state index contributed by atoms with van der Waals surface area (Å²) >= 11 is 0. The van der Waals surface area contributed by atoms with E-state index in [2.05, 4.69) is 20.9 Å². The Bertz CT molecular complexity index is 510. The first kappa shape index (κ1) is 19.3. The summed E-state index contributed by atoms with van der Waals surface area (Å²) in [4.78, 5) is 15.9. The molecule has 7 heteroatoms. The highest BCUT2D eigenvalue weighted by molar-refractivity contribution is 5.86. The molecule has 25 heavy (non-hydrogen) atoms. The molecular formula is C18H30N4O3. The first-order chi connectivity index (χ1) is 12.3. The predicted octanol–water partition coefficient (Wildman–Crippen LogP) is 1.80. The zero-order chi connectivity index (χ0) is 17.7. The van der Waals surface area contributed by atoms with Crippen LogP contribution >= 0.6 is 0 Å². The van der Waals surface area contributed by atoms with Gasteiger partial charge in [0.05, 0.1) is 25.5 Å². The third kappa shape index (κ3) is 8.07. The lowest BCUT2D eigenvalue weighted by Crippen LogP contribution is -2.43. The molecule has 1 aromatic heterocycles. The molecule has 0 spiro atoms. The molecule has 0 aromatic carbocycles. The van der Waals surface area contributed by atoms with E-state index in [1.807, 2.05) is 6.07 Å². The van der Waals surface area contributed by atoms with Gasteiger partial charge >= 0.3 is 0 Å². The standard InChI is InChI=1S/C18H30N4O3/c1-19-18(20-10-6-12-24-15-7-3-2-4-8-15)22-14-17(23)21-13-16-9-5-11-25-16/h5,9,11,15H,2-4,6-8,10,12-14H2,1H3,(H,21,23)(H2,19,20,22). The fraction of sp³-hybridized carbons (Fsp3) is 0.667. The average molecular weight is 350 g/mol. The molecule has 1 amide bonds. The van der Waals surface area contributed by atoms with Crippen LogP contribution in [0.3, 0.4) is 0 Å².